The smallest absolute Gasteiger partial charge is 0.243 e. The van der Waals surface area contributed by atoms with Gasteiger partial charge >= 0.3 is 0 Å². The van der Waals surface area contributed by atoms with E-state index in [2.05, 4.69) is 20.4 Å². The van der Waals surface area contributed by atoms with Crippen LogP contribution in [0.5, 0.6) is 0 Å². The average Bonchev–Trinajstić information content (AvgIpc) is 3.40. The minimum absolute atomic E-state index is 0.198. The maximum atomic E-state index is 12.9. The van der Waals surface area contributed by atoms with Gasteiger partial charge in [-0.05, 0) is 35.7 Å². The molecule has 11 heteroatoms. The van der Waals surface area contributed by atoms with Crippen LogP contribution in [0.3, 0.4) is 0 Å². The number of hydrogen-bond donors (Lipinski definition) is 1. The van der Waals surface area contributed by atoms with Gasteiger partial charge < -0.3 is 10.2 Å². The number of nitrogens with one attached hydrogen (secondary N) is 1. The lowest BCUT2D eigenvalue weighted by Gasteiger charge is -2.33. The molecule has 0 saturated carbocycles. The molecule has 1 N–H and O–H groups in total. The van der Waals surface area contributed by atoms with E-state index in [1.165, 1.54) is 34.7 Å². The summed E-state index contributed by atoms with van der Waals surface area (Å²) in [5.41, 5.74) is 0.569. The van der Waals surface area contributed by atoms with Crippen molar-refractivity contribution in [1.82, 2.24) is 14.5 Å². The number of sulfonamides is 1. The summed E-state index contributed by atoms with van der Waals surface area (Å²) in [4.78, 5) is 14.5. The van der Waals surface area contributed by atoms with E-state index in [9.17, 15) is 13.2 Å². The van der Waals surface area contributed by atoms with Crippen molar-refractivity contribution in [3.05, 3.63) is 41.8 Å². The summed E-state index contributed by atoms with van der Waals surface area (Å²) >= 11 is 3.14. The molecule has 1 aliphatic heterocycles. The van der Waals surface area contributed by atoms with Crippen molar-refractivity contribution >= 4 is 49.4 Å². The number of rotatable bonds is 5. The number of benzene rings is 1. The maximum Gasteiger partial charge on any atom is 0.243 e. The Morgan fingerprint density at radius 2 is 1.79 bits per heavy atom. The van der Waals surface area contributed by atoms with Gasteiger partial charge in [0.05, 0.1) is 9.77 Å². The lowest BCUT2D eigenvalue weighted by atomic mass is 10.3. The lowest BCUT2D eigenvalue weighted by Crippen LogP contribution is -2.48. The highest BCUT2D eigenvalue weighted by Crippen LogP contribution is 2.32. The van der Waals surface area contributed by atoms with Crippen LogP contribution < -0.4 is 10.2 Å². The Morgan fingerprint density at radius 3 is 2.41 bits per heavy atom. The molecule has 1 amide bonds. The zero-order valence-electron chi connectivity index (χ0n) is 15.6. The van der Waals surface area contributed by atoms with Crippen LogP contribution in [0.15, 0.2) is 46.7 Å². The molecule has 1 saturated heterocycles. The lowest BCUT2D eigenvalue weighted by molar-refractivity contribution is -0.114. The Kier molecular flexibility index (Phi) is 5.63. The van der Waals surface area contributed by atoms with Gasteiger partial charge in [-0.3, -0.25) is 4.79 Å². The number of aromatic nitrogens is 2. The molecule has 4 rings (SSSR count). The van der Waals surface area contributed by atoms with E-state index in [4.69, 9.17) is 0 Å². The molecule has 3 heterocycles. The molecular formula is C18H19N5O3S3. The zero-order valence-corrected chi connectivity index (χ0v) is 18.1. The Morgan fingerprint density at radius 1 is 1.07 bits per heavy atom. The summed E-state index contributed by atoms with van der Waals surface area (Å²) < 4.78 is 27.3. The quantitative estimate of drug-likeness (QED) is 0.644. The first-order chi connectivity index (χ1) is 13.9. The molecule has 0 atom stereocenters. The normalized spacial score (nSPS) is 15.4. The van der Waals surface area contributed by atoms with E-state index in [0.29, 0.717) is 31.9 Å². The van der Waals surface area contributed by atoms with Crippen LogP contribution in [0.4, 0.5) is 10.8 Å². The fourth-order valence-corrected chi connectivity index (χ4v) is 6.14. The highest BCUT2D eigenvalue weighted by atomic mass is 32.2. The molecule has 152 valence electrons. The van der Waals surface area contributed by atoms with Crippen molar-refractivity contribution in [2.45, 2.75) is 11.8 Å². The molecule has 0 aliphatic carbocycles. The first-order valence-corrected chi connectivity index (χ1v) is 12.1. The summed E-state index contributed by atoms with van der Waals surface area (Å²) in [5.74, 6) is -0.198. The van der Waals surface area contributed by atoms with Gasteiger partial charge in [-0.15, -0.1) is 21.5 Å². The number of thiophene rings is 1. The third-order valence-corrected chi connectivity index (χ3v) is 8.40. The molecular weight excluding hydrogens is 430 g/mol. The maximum absolute atomic E-state index is 12.9. The summed E-state index contributed by atoms with van der Waals surface area (Å²) in [5, 5.41) is 14.9. The first-order valence-electron chi connectivity index (χ1n) is 8.93. The summed E-state index contributed by atoms with van der Waals surface area (Å²) in [6.07, 6.45) is 0. The third kappa shape index (κ3) is 4.32. The summed E-state index contributed by atoms with van der Waals surface area (Å²) in [7, 11) is -3.58. The second-order valence-corrected chi connectivity index (χ2v) is 10.3. The van der Waals surface area contributed by atoms with Crippen LogP contribution in [0, 0.1) is 0 Å². The fourth-order valence-electron chi connectivity index (χ4n) is 3.03. The van der Waals surface area contributed by atoms with E-state index < -0.39 is 10.0 Å². The number of anilines is 2. The van der Waals surface area contributed by atoms with Crippen LogP contribution in [0.1, 0.15) is 6.92 Å². The van der Waals surface area contributed by atoms with Gasteiger partial charge in [0.2, 0.25) is 21.1 Å². The average molecular weight is 450 g/mol. The van der Waals surface area contributed by atoms with Crippen LogP contribution >= 0.6 is 22.7 Å². The van der Waals surface area contributed by atoms with Crippen LogP contribution in [0.2, 0.25) is 0 Å². The second-order valence-electron chi connectivity index (χ2n) is 6.46. The zero-order chi connectivity index (χ0) is 20.4. The predicted molar refractivity (Wildman–Crippen MR) is 115 cm³/mol. The first kappa shape index (κ1) is 20.0. The molecule has 0 bridgehead atoms. The van der Waals surface area contributed by atoms with Gasteiger partial charge in [0, 0.05) is 38.8 Å². The predicted octanol–water partition coefficient (Wildman–Crippen LogP) is 2.74. The molecule has 1 aromatic carbocycles. The molecule has 0 spiro atoms. The Hall–Kier alpha value is -2.34. The SMILES string of the molecule is CC(=O)Nc1ccc(S(=O)(=O)N2CCN(c3nnc(-c4cccs4)s3)CC2)cc1. The Bertz CT molecular complexity index is 1090. The van der Waals surface area contributed by atoms with E-state index in [-0.39, 0.29) is 10.8 Å². The third-order valence-electron chi connectivity index (χ3n) is 4.47. The summed E-state index contributed by atoms with van der Waals surface area (Å²) in [6, 6.07) is 10.2. The number of carbonyl (C=O) groups excluding carboxylic acids is 1. The number of amides is 1. The van der Waals surface area contributed by atoms with E-state index in [1.807, 2.05) is 17.5 Å². The summed E-state index contributed by atoms with van der Waals surface area (Å²) in [6.45, 7) is 3.28. The van der Waals surface area contributed by atoms with Crippen molar-refractivity contribution in [2.24, 2.45) is 0 Å². The number of nitrogens with zero attached hydrogens (tertiary/aromatic N) is 4. The Labute approximate surface area is 176 Å². The van der Waals surface area contributed by atoms with Crippen molar-refractivity contribution in [3.63, 3.8) is 0 Å². The molecule has 1 aliphatic rings. The minimum Gasteiger partial charge on any atom is -0.344 e. The van der Waals surface area contributed by atoms with Crippen LogP contribution in [-0.2, 0) is 14.8 Å². The van der Waals surface area contributed by atoms with Gasteiger partial charge in [-0.2, -0.15) is 4.31 Å². The monoisotopic (exact) mass is 449 g/mol. The van der Waals surface area contributed by atoms with Crippen LogP contribution in [-0.4, -0.2) is 55.0 Å². The molecule has 0 radical (unpaired) electrons. The van der Waals surface area contributed by atoms with Gasteiger partial charge in [0.15, 0.2) is 5.01 Å². The number of carbonyl (C=O) groups is 1. The molecule has 2 aromatic heterocycles. The topological polar surface area (TPSA) is 95.5 Å². The van der Waals surface area contributed by atoms with Gasteiger partial charge in [0.1, 0.15) is 0 Å². The minimum atomic E-state index is -3.58. The van der Waals surface area contributed by atoms with Gasteiger partial charge in [-0.25, -0.2) is 8.42 Å². The van der Waals surface area contributed by atoms with Crippen molar-refractivity contribution in [1.29, 1.82) is 0 Å². The molecule has 3 aromatic rings. The van der Waals surface area contributed by atoms with Crippen molar-refractivity contribution in [3.8, 4) is 9.88 Å². The highest BCUT2D eigenvalue weighted by molar-refractivity contribution is 7.89. The van der Waals surface area contributed by atoms with E-state index >= 15 is 0 Å². The number of piperazine rings is 1. The van der Waals surface area contributed by atoms with Gasteiger partial charge in [-0.1, -0.05) is 17.4 Å². The molecule has 1 fully saturated rings. The molecule has 29 heavy (non-hydrogen) atoms. The second kappa shape index (κ2) is 8.19. The van der Waals surface area contributed by atoms with Crippen LogP contribution in [0.25, 0.3) is 9.88 Å². The van der Waals surface area contributed by atoms with Crippen molar-refractivity contribution in [2.75, 3.05) is 36.4 Å². The largest absolute Gasteiger partial charge is 0.344 e. The van der Waals surface area contributed by atoms with E-state index in [1.54, 1.807) is 23.5 Å². The van der Waals surface area contributed by atoms with Crippen molar-refractivity contribution < 1.29 is 13.2 Å². The fraction of sp³-hybridized carbons (Fsp3) is 0.278. The van der Waals surface area contributed by atoms with E-state index in [0.717, 1.165) is 15.0 Å². The van der Waals surface area contributed by atoms with Gasteiger partial charge in [0.25, 0.3) is 0 Å². The number of hydrogen-bond acceptors (Lipinski definition) is 8. The molecule has 0 unspecified atom stereocenters. The standard InChI is InChI=1S/C18H19N5O3S3/c1-13(24)19-14-4-6-15(7-5-14)29(25,26)23-10-8-22(9-11-23)18-21-20-17(28-18)16-3-2-12-27-16/h2-7,12H,8-11H2,1H3,(H,19,24). The molecule has 8 nitrogen and oxygen atoms in total. The Balaban J connectivity index is 1.41. The highest BCUT2D eigenvalue weighted by Gasteiger charge is 2.29.